The average molecular weight is 242 g/mol. The molecule has 1 N–H and O–H groups in total. The van der Waals surface area contributed by atoms with Gasteiger partial charge in [-0.1, -0.05) is 49.4 Å². The molecular weight excluding hydrogens is 228 g/mol. The maximum absolute atomic E-state index is 10.7. The van der Waals surface area contributed by atoms with Crippen molar-refractivity contribution in [1.82, 2.24) is 0 Å². The van der Waals surface area contributed by atoms with Crippen LogP contribution >= 0.6 is 0 Å². The zero-order valence-corrected chi connectivity index (χ0v) is 10.1. The van der Waals surface area contributed by atoms with Crippen LogP contribution in [0.5, 0.6) is 5.75 Å². The van der Waals surface area contributed by atoms with E-state index in [9.17, 15) is 4.79 Å². The van der Waals surface area contributed by atoms with Crippen LogP contribution in [0.3, 0.4) is 0 Å². The fourth-order valence-corrected chi connectivity index (χ4v) is 1.98. The SMILES string of the molecule is CCc1cccc(OC(=O)O)c1-c1ccccc1. The first-order valence-electron chi connectivity index (χ1n) is 5.80. The van der Waals surface area contributed by atoms with Gasteiger partial charge in [-0.2, -0.15) is 0 Å². The molecule has 0 radical (unpaired) electrons. The van der Waals surface area contributed by atoms with Crippen LogP contribution in [0.4, 0.5) is 4.79 Å². The fourth-order valence-electron chi connectivity index (χ4n) is 1.98. The van der Waals surface area contributed by atoms with Crippen molar-refractivity contribution in [2.24, 2.45) is 0 Å². The first-order chi connectivity index (χ1) is 8.72. The molecule has 3 heteroatoms. The van der Waals surface area contributed by atoms with Gasteiger partial charge in [0.15, 0.2) is 0 Å². The van der Waals surface area contributed by atoms with E-state index in [4.69, 9.17) is 9.84 Å². The van der Waals surface area contributed by atoms with Gasteiger partial charge in [-0.05, 0) is 23.6 Å². The summed E-state index contributed by atoms with van der Waals surface area (Å²) < 4.78 is 4.86. The summed E-state index contributed by atoms with van der Waals surface area (Å²) in [6.07, 6.45) is -0.471. The van der Waals surface area contributed by atoms with E-state index < -0.39 is 6.16 Å². The van der Waals surface area contributed by atoms with Gasteiger partial charge in [0, 0.05) is 5.56 Å². The minimum atomic E-state index is -1.29. The second-order valence-corrected chi connectivity index (χ2v) is 3.88. The molecule has 0 aliphatic heterocycles. The summed E-state index contributed by atoms with van der Waals surface area (Å²) in [6, 6.07) is 15.1. The third-order valence-electron chi connectivity index (χ3n) is 2.75. The van der Waals surface area contributed by atoms with E-state index >= 15 is 0 Å². The third kappa shape index (κ3) is 2.51. The quantitative estimate of drug-likeness (QED) is 0.654. The van der Waals surface area contributed by atoms with Gasteiger partial charge in [0.2, 0.25) is 0 Å². The highest BCUT2D eigenvalue weighted by Gasteiger charge is 2.12. The zero-order valence-electron chi connectivity index (χ0n) is 10.1. The summed E-state index contributed by atoms with van der Waals surface area (Å²) in [5, 5.41) is 8.78. The van der Waals surface area contributed by atoms with Crippen molar-refractivity contribution >= 4 is 6.16 Å². The number of ether oxygens (including phenoxy) is 1. The molecule has 2 aromatic carbocycles. The van der Waals surface area contributed by atoms with E-state index in [2.05, 4.69) is 0 Å². The number of hydrogen-bond donors (Lipinski definition) is 1. The van der Waals surface area contributed by atoms with Crippen LogP contribution in [0.25, 0.3) is 11.1 Å². The molecule has 0 unspecified atom stereocenters. The summed E-state index contributed by atoms with van der Waals surface area (Å²) in [7, 11) is 0. The van der Waals surface area contributed by atoms with Gasteiger partial charge < -0.3 is 9.84 Å². The van der Waals surface area contributed by atoms with E-state index in [-0.39, 0.29) is 0 Å². The lowest BCUT2D eigenvalue weighted by Gasteiger charge is -2.12. The monoisotopic (exact) mass is 242 g/mol. The van der Waals surface area contributed by atoms with Crippen molar-refractivity contribution in [3.05, 3.63) is 54.1 Å². The second kappa shape index (κ2) is 5.36. The Morgan fingerprint density at radius 3 is 2.44 bits per heavy atom. The van der Waals surface area contributed by atoms with Crippen LogP contribution in [0.15, 0.2) is 48.5 Å². The largest absolute Gasteiger partial charge is 0.511 e. The third-order valence-corrected chi connectivity index (χ3v) is 2.75. The van der Waals surface area contributed by atoms with Gasteiger partial charge in [0.05, 0.1) is 0 Å². The molecule has 0 fully saturated rings. The van der Waals surface area contributed by atoms with Crippen LogP contribution in [-0.2, 0) is 6.42 Å². The van der Waals surface area contributed by atoms with Crippen LogP contribution in [0.2, 0.25) is 0 Å². The van der Waals surface area contributed by atoms with Gasteiger partial charge in [0.25, 0.3) is 0 Å². The Hall–Kier alpha value is -2.29. The molecule has 0 spiro atoms. The Kier molecular flexibility index (Phi) is 3.63. The molecule has 0 heterocycles. The summed E-state index contributed by atoms with van der Waals surface area (Å²) in [4.78, 5) is 10.7. The smallest absolute Gasteiger partial charge is 0.449 e. The van der Waals surface area contributed by atoms with Crippen molar-refractivity contribution in [3.63, 3.8) is 0 Å². The Labute approximate surface area is 106 Å². The Morgan fingerprint density at radius 1 is 1.11 bits per heavy atom. The van der Waals surface area contributed by atoms with Crippen molar-refractivity contribution < 1.29 is 14.6 Å². The Bertz CT molecular complexity index is 547. The van der Waals surface area contributed by atoms with Gasteiger partial charge in [-0.25, -0.2) is 4.79 Å². The Balaban J connectivity index is 2.58. The molecule has 0 saturated carbocycles. The van der Waals surface area contributed by atoms with E-state index in [0.717, 1.165) is 23.1 Å². The minimum absolute atomic E-state index is 0.382. The number of rotatable bonds is 3. The molecule has 92 valence electrons. The maximum Gasteiger partial charge on any atom is 0.511 e. The van der Waals surface area contributed by atoms with Crippen molar-refractivity contribution in [2.75, 3.05) is 0 Å². The highest BCUT2D eigenvalue weighted by Crippen LogP contribution is 2.33. The molecule has 0 amide bonds. The van der Waals surface area contributed by atoms with E-state index in [1.165, 1.54) is 0 Å². The van der Waals surface area contributed by atoms with E-state index in [1.54, 1.807) is 6.07 Å². The molecule has 0 aromatic heterocycles. The molecule has 0 atom stereocenters. The fraction of sp³-hybridized carbons (Fsp3) is 0.133. The standard InChI is InChI=1S/C15H14O3/c1-2-11-9-6-10-13(18-15(16)17)14(11)12-7-4-3-5-8-12/h3-10H,2H2,1H3,(H,16,17). The van der Waals surface area contributed by atoms with Crippen LogP contribution in [0.1, 0.15) is 12.5 Å². The predicted octanol–water partition coefficient (Wildman–Crippen LogP) is 3.97. The maximum atomic E-state index is 10.7. The molecule has 0 aliphatic rings. The summed E-state index contributed by atoms with van der Waals surface area (Å²) in [5.41, 5.74) is 2.88. The van der Waals surface area contributed by atoms with Crippen molar-refractivity contribution in [3.8, 4) is 16.9 Å². The van der Waals surface area contributed by atoms with Gasteiger partial charge in [-0.3, -0.25) is 0 Å². The molecule has 18 heavy (non-hydrogen) atoms. The summed E-state index contributed by atoms with van der Waals surface area (Å²) in [5.74, 6) is 0.382. The van der Waals surface area contributed by atoms with E-state index in [0.29, 0.717) is 5.75 Å². The van der Waals surface area contributed by atoms with Gasteiger partial charge in [-0.15, -0.1) is 0 Å². The van der Waals surface area contributed by atoms with Gasteiger partial charge in [0.1, 0.15) is 5.75 Å². The highest BCUT2D eigenvalue weighted by molar-refractivity contribution is 5.77. The summed E-state index contributed by atoms with van der Waals surface area (Å²) in [6.45, 7) is 2.03. The molecule has 3 nitrogen and oxygen atoms in total. The van der Waals surface area contributed by atoms with Crippen LogP contribution in [-0.4, -0.2) is 11.3 Å². The minimum Gasteiger partial charge on any atom is -0.449 e. The molecule has 0 aliphatic carbocycles. The molecule has 2 rings (SSSR count). The number of hydrogen-bond acceptors (Lipinski definition) is 2. The van der Waals surface area contributed by atoms with Gasteiger partial charge >= 0.3 is 6.16 Å². The van der Waals surface area contributed by atoms with Crippen LogP contribution < -0.4 is 4.74 Å². The van der Waals surface area contributed by atoms with Crippen LogP contribution in [0, 0.1) is 0 Å². The molecule has 0 bridgehead atoms. The first kappa shape index (κ1) is 12.2. The lowest BCUT2D eigenvalue weighted by Crippen LogP contribution is -2.05. The Morgan fingerprint density at radius 2 is 1.83 bits per heavy atom. The lowest BCUT2D eigenvalue weighted by molar-refractivity contribution is 0.144. The lowest BCUT2D eigenvalue weighted by atomic mass is 9.97. The van der Waals surface area contributed by atoms with Crippen molar-refractivity contribution in [1.29, 1.82) is 0 Å². The van der Waals surface area contributed by atoms with Crippen molar-refractivity contribution in [2.45, 2.75) is 13.3 Å². The number of carboxylic acid groups (broad SMARTS) is 1. The molecular formula is C15H14O3. The number of aryl methyl sites for hydroxylation is 1. The second-order valence-electron chi connectivity index (χ2n) is 3.88. The molecule has 0 saturated heterocycles. The average Bonchev–Trinajstić information content (AvgIpc) is 2.38. The highest BCUT2D eigenvalue weighted by atomic mass is 16.7. The van der Waals surface area contributed by atoms with E-state index in [1.807, 2.05) is 49.4 Å². The number of benzene rings is 2. The predicted molar refractivity (Wildman–Crippen MR) is 69.9 cm³/mol. The normalized spacial score (nSPS) is 10.1. The first-order valence-corrected chi connectivity index (χ1v) is 5.80. The topological polar surface area (TPSA) is 46.5 Å². The molecule has 2 aromatic rings. The number of carbonyl (C=O) groups is 1. The summed E-state index contributed by atoms with van der Waals surface area (Å²) >= 11 is 0. The zero-order chi connectivity index (χ0) is 13.0.